The summed E-state index contributed by atoms with van der Waals surface area (Å²) in [5.41, 5.74) is 1.30. The summed E-state index contributed by atoms with van der Waals surface area (Å²) in [6, 6.07) is 40.1. The lowest BCUT2D eigenvalue weighted by molar-refractivity contribution is 0.592. The van der Waals surface area contributed by atoms with Crippen LogP contribution in [0.5, 0.6) is 0 Å². The van der Waals surface area contributed by atoms with Crippen molar-refractivity contribution in [3.05, 3.63) is 143 Å². The zero-order valence-electron chi connectivity index (χ0n) is 28.1. The molecule has 0 bridgehead atoms. The highest BCUT2D eigenvalue weighted by Crippen LogP contribution is 2.65. The first-order valence-corrected chi connectivity index (χ1v) is 21.6. The molecule has 9 rings (SSSR count). The highest BCUT2D eigenvalue weighted by Gasteiger charge is 2.56. The van der Waals surface area contributed by atoms with Crippen molar-refractivity contribution in [3.63, 3.8) is 0 Å². The molecule has 10 nitrogen and oxygen atoms in total. The van der Waals surface area contributed by atoms with Crippen molar-refractivity contribution in [2.45, 2.75) is 0 Å². The highest BCUT2D eigenvalue weighted by molar-refractivity contribution is 7.89. The zero-order chi connectivity index (χ0) is 38.4. The lowest BCUT2D eigenvalue weighted by Crippen LogP contribution is -2.53. The molecule has 0 radical (unpaired) electrons. The van der Waals surface area contributed by atoms with Gasteiger partial charge in [-0.15, -0.1) is 0 Å². The molecule has 6 aromatic carbocycles. The Morgan fingerprint density at radius 3 is 0.800 bits per heavy atom. The van der Waals surface area contributed by atoms with E-state index in [-0.39, 0.29) is 98.2 Å². The van der Waals surface area contributed by atoms with Gasteiger partial charge in [-0.2, -0.15) is 31.6 Å². The molecule has 0 aromatic heterocycles. The molecule has 0 aliphatic carbocycles. The number of nitriles is 6. The van der Waals surface area contributed by atoms with Gasteiger partial charge in [0, 0.05) is 47.7 Å². The van der Waals surface area contributed by atoms with Gasteiger partial charge < -0.3 is 18.6 Å². The Kier molecular flexibility index (Phi) is 7.10. The Morgan fingerprint density at radius 2 is 0.582 bits per heavy atom. The second kappa shape index (κ2) is 11.6. The molecule has 0 fully saturated rings. The first-order valence-electron chi connectivity index (χ1n) is 16.5. The Labute approximate surface area is 314 Å². The van der Waals surface area contributed by atoms with E-state index in [1.165, 1.54) is 54.6 Å². The van der Waals surface area contributed by atoms with E-state index in [1.54, 1.807) is 59.5 Å². The zero-order valence-corrected chi connectivity index (χ0v) is 30.8. The summed E-state index contributed by atoms with van der Waals surface area (Å²) in [4.78, 5) is 1.74. The van der Waals surface area contributed by atoms with Gasteiger partial charge in [-0.05, 0) is 72.8 Å². The highest BCUT2D eigenvalue weighted by atomic mass is 31.2. The van der Waals surface area contributed by atoms with Crippen molar-refractivity contribution < 1.29 is 13.7 Å². The summed E-state index contributed by atoms with van der Waals surface area (Å²) in [5.74, 6) is 0. The van der Waals surface area contributed by atoms with Gasteiger partial charge in [-0.25, -0.2) is 0 Å². The van der Waals surface area contributed by atoms with Crippen LogP contribution in [0.25, 0.3) is 0 Å². The van der Waals surface area contributed by atoms with Gasteiger partial charge in [0.1, 0.15) is 0 Å². The first kappa shape index (κ1) is 33.6. The van der Waals surface area contributed by atoms with Crippen molar-refractivity contribution in [2.24, 2.45) is 0 Å². The Balaban J connectivity index is 1.59. The first-order chi connectivity index (χ1) is 26.6. The summed E-state index contributed by atoms with van der Waals surface area (Å²) in [6.45, 7) is 0. The van der Waals surface area contributed by atoms with E-state index >= 15 is 13.7 Å². The van der Waals surface area contributed by atoms with Crippen molar-refractivity contribution in [1.29, 1.82) is 31.6 Å². The van der Waals surface area contributed by atoms with Crippen LogP contribution >= 0.6 is 21.4 Å². The molecule has 0 saturated carbocycles. The van der Waals surface area contributed by atoms with E-state index in [2.05, 4.69) is 36.4 Å². The average Bonchev–Trinajstić information content (AvgIpc) is 3.24. The summed E-state index contributed by atoms with van der Waals surface area (Å²) in [6.07, 6.45) is 0. The normalized spacial score (nSPS) is 20.3. The van der Waals surface area contributed by atoms with E-state index in [1.807, 2.05) is 0 Å². The molecule has 0 N–H and O–H groups in total. The van der Waals surface area contributed by atoms with Crippen LogP contribution in [-0.2, 0) is 13.7 Å². The van der Waals surface area contributed by atoms with Gasteiger partial charge in [-0.1, -0.05) is 36.4 Å². The van der Waals surface area contributed by atoms with Crippen molar-refractivity contribution in [2.75, 3.05) is 4.90 Å². The van der Waals surface area contributed by atoms with E-state index < -0.39 is 21.4 Å². The van der Waals surface area contributed by atoms with Crippen LogP contribution in [0.4, 0.5) is 17.1 Å². The fraction of sp³-hybridized carbons (Fsp3) is 0. The number of nitrogens with zero attached hydrogens (tertiary/aromatic N) is 7. The molecule has 0 spiro atoms. The summed E-state index contributed by atoms with van der Waals surface area (Å²) in [7, 11) is -12.8. The largest absolute Gasteiger partial charge is 0.308 e. The van der Waals surface area contributed by atoms with Crippen LogP contribution in [0, 0.1) is 68.0 Å². The molecule has 3 aliphatic rings. The van der Waals surface area contributed by atoms with Crippen LogP contribution in [-0.4, -0.2) is 0 Å². The molecule has 3 aliphatic heterocycles. The molecule has 0 amide bonds. The number of benzene rings is 6. The third-order valence-electron chi connectivity index (χ3n) is 10.3. The fourth-order valence-corrected chi connectivity index (χ4v) is 17.6. The summed E-state index contributed by atoms with van der Waals surface area (Å²) in [5, 5.41) is 62.5. The predicted molar refractivity (Wildman–Crippen MR) is 208 cm³/mol. The maximum Gasteiger partial charge on any atom is 0.175 e. The van der Waals surface area contributed by atoms with E-state index in [0.29, 0.717) is 0 Å². The van der Waals surface area contributed by atoms with Gasteiger partial charge in [0.05, 0.1) is 86.9 Å². The molecule has 0 atom stereocenters. The molecule has 254 valence electrons. The molecular weight excluding hydrogens is 743 g/mol. The molecule has 3 heterocycles. The van der Waals surface area contributed by atoms with Gasteiger partial charge in [0.25, 0.3) is 0 Å². The number of rotatable bonds is 3. The monoisotopic (exact) mass is 761 g/mol. The maximum atomic E-state index is 16.5. The Morgan fingerprint density at radius 1 is 0.345 bits per heavy atom. The minimum atomic E-state index is -4.26. The predicted octanol–water partition coefficient (Wildman–Crippen LogP) is 4.24. The topological polar surface area (TPSA) is 197 Å². The standard InChI is InChI=1S/C42H18N7O3P3/c43-19-25-4-1-7-31(10-25)53(50)34-13-28(22-46)15-36-40(34)49-41-35(53)14-29(23-47)16-37(41)55(52,33-9-3-6-27(12-33)21-45)39-18-30(24-48)17-38(42(39)49)54(36,51)32-8-2-5-26(11-32)20-44/h1-18H. The van der Waals surface area contributed by atoms with E-state index in [9.17, 15) is 31.6 Å². The van der Waals surface area contributed by atoms with Crippen molar-refractivity contribution in [3.8, 4) is 36.4 Å². The van der Waals surface area contributed by atoms with Gasteiger partial charge in [0.15, 0.2) is 21.4 Å². The smallest absolute Gasteiger partial charge is 0.175 e. The lowest BCUT2D eigenvalue weighted by Gasteiger charge is -2.49. The quantitative estimate of drug-likeness (QED) is 0.235. The third-order valence-corrected chi connectivity index (χ3v) is 19.5. The number of anilines is 3. The Hall–Kier alpha value is -7.25. The van der Waals surface area contributed by atoms with Crippen LogP contribution in [0.2, 0.25) is 0 Å². The third kappa shape index (κ3) is 4.23. The van der Waals surface area contributed by atoms with Crippen molar-refractivity contribution in [1.82, 2.24) is 0 Å². The van der Waals surface area contributed by atoms with Crippen LogP contribution < -0.4 is 52.6 Å². The lowest BCUT2D eigenvalue weighted by atomic mass is 10.1. The van der Waals surface area contributed by atoms with Gasteiger partial charge in [-0.3, -0.25) is 0 Å². The van der Waals surface area contributed by atoms with Gasteiger partial charge in [0.2, 0.25) is 0 Å². The molecule has 13 heteroatoms. The molecule has 6 aromatic rings. The molecule has 0 saturated heterocycles. The molecule has 55 heavy (non-hydrogen) atoms. The molecule has 0 unspecified atom stereocenters. The number of hydrogen-bond acceptors (Lipinski definition) is 10. The summed E-state index contributed by atoms with van der Waals surface area (Å²) < 4.78 is 49.6. The maximum absolute atomic E-state index is 16.5. The second-order valence-corrected chi connectivity index (χ2v) is 21.2. The van der Waals surface area contributed by atoms with Crippen LogP contribution in [0.15, 0.2) is 109 Å². The van der Waals surface area contributed by atoms with E-state index in [0.717, 1.165) is 0 Å². The molecular formula is C42H18N7O3P3. The minimum absolute atomic E-state index is 0.0262. The second-order valence-electron chi connectivity index (χ2n) is 13.1. The van der Waals surface area contributed by atoms with Crippen LogP contribution in [0.1, 0.15) is 33.4 Å². The average molecular weight is 762 g/mol. The van der Waals surface area contributed by atoms with Crippen molar-refractivity contribution >= 4 is 86.2 Å². The van der Waals surface area contributed by atoms with Gasteiger partial charge >= 0.3 is 0 Å². The summed E-state index contributed by atoms with van der Waals surface area (Å²) >= 11 is 0. The fourth-order valence-electron chi connectivity index (χ4n) is 8.01. The minimum Gasteiger partial charge on any atom is -0.308 e. The number of hydrogen-bond donors (Lipinski definition) is 0. The van der Waals surface area contributed by atoms with Crippen LogP contribution in [0.3, 0.4) is 0 Å². The SMILES string of the molecule is N#Cc1cccc(P2(=O)c3cc(C#N)cc4c3N3c5c2cc(C#N)cc5P(=O)(c2cccc(C#N)c2)c2cc(C#N)cc(c23)P4(=O)c2cccc(C#N)c2)c1. The Bertz CT molecular complexity index is 2830. The van der Waals surface area contributed by atoms with E-state index in [4.69, 9.17) is 0 Å².